The van der Waals surface area contributed by atoms with Crippen molar-refractivity contribution in [2.75, 3.05) is 6.54 Å². The summed E-state index contributed by atoms with van der Waals surface area (Å²) in [5, 5.41) is 3.23. The summed E-state index contributed by atoms with van der Waals surface area (Å²) in [5.74, 6) is 0.682. The van der Waals surface area contributed by atoms with Gasteiger partial charge in [0.1, 0.15) is 0 Å². The summed E-state index contributed by atoms with van der Waals surface area (Å²) in [6, 6.07) is -0.0233. The zero-order valence-electron chi connectivity index (χ0n) is 8.36. The van der Waals surface area contributed by atoms with Gasteiger partial charge < -0.3 is 9.88 Å². The Morgan fingerprint density at radius 3 is 3.07 bits per heavy atom. The molecule has 1 saturated heterocycles. The molecule has 14 heavy (non-hydrogen) atoms. The number of ketones is 1. The van der Waals surface area contributed by atoms with Crippen molar-refractivity contribution in [3.05, 3.63) is 18.2 Å². The fourth-order valence-electron chi connectivity index (χ4n) is 1.83. The van der Waals surface area contributed by atoms with Gasteiger partial charge in [-0.15, -0.1) is 0 Å². The largest absolute Gasteiger partial charge is 0.332 e. The zero-order chi connectivity index (χ0) is 9.97. The maximum Gasteiger partial charge on any atom is 0.215 e. The Balaban J connectivity index is 2.11. The normalized spacial score (nSPS) is 22.2. The summed E-state index contributed by atoms with van der Waals surface area (Å²) >= 11 is 0. The number of Topliss-reactive ketones (excluding diaryl/α,β-unsaturated/α-hetero) is 1. The lowest BCUT2D eigenvalue weighted by Gasteiger charge is -2.21. The number of nitrogens with one attached hydrogen (secondary N) is 1. The van der Waals surface area contributed by atoms with Crippen molar-refractivity contribution in [1.29, 1.82) is 0 Å². The van der Waals surface area contributed by atoms with E-state index in [1.165, 1.54) is 6.42 Å². The van der Waals surface area contributed by atoms with Gasteiger partial charge in [-0.3, -0.25) is 4.79 Å². The molecule has 2 rings (SSSR count). The number of carbonyl (C=O) groups is 1. The van der Waals surface area contributed by atoms with Gasteiger partial charge in [0.15, 0.2) is 5.82 Å². The van der Waals surface area contributed by atoms with Crippen LogP contribution in [0.3, 0.4) is 0 Å². The number of rotatable bonds is 2. The standard InChI is InChI=1S/C10H15N3O/c1-13-7-6-12-10(13)9(14)8-4-2-3-5-11-8/h6-8,11H,2-5H2,1H3. The van der Waals surface area contributed by atoms with Crippen molar-refractivity contribution in [3.8, 4) is 0 Å². The Hall–Kier alpha value is -1.16. The van der Waals surface area contributed by atoms with Gasteiger partial charge in [0.2, 0.25) is 5.78 Å². The maximum atomic E-state index is 11.9. The molecule has 1 atom stereocenters. The predicted octanol–water partition coefficient (Wildman–Crippen LogP) is 0.745. The molecule has 0 amide bonds. The van der Waals surface area contributed by atoms with Gasteiger partial charge in [-0.05, 0) is 19.4 Å². The van der Waals surface area contributed by atoms with Crippen molar-refractivity contribution < 1.29 is 4.79 Å². The van der Waals surface area contributed by atoms with Gasteiger partial charge in [0, 0.05) is 19.4 Å². The maximum absolute atomic E-state index is 11.9. The van der Waals surface area contributed by atoms with E-state index < -0.39 is 0 Å². The number of piperidine rings is 1. The number of nitrogens with zero attached hydrogens (tertiary/aromatic N) is 2. The van der Waals surface area contributed by atoms with Crippen LogP contribution in [0.25, 0.3) is 0 Å². The summed E-state index contributed by atoms with van der Waals surface area (Å²) < 4.78 is 1.78. The van der Waals surface area contributed by atoms with E-state index in [4.69, 9.17) is 0 Å². The first-order valence-electron chi connectivity index (χ1n) is 5.04. The van der Waals surface area contributed by atoms with Crippen LogP contribution in [0.5, 0.6) is 0 Å². The topological polar surface area (TPSA) is 46.9 Å². The van der Waals surface area contributed by atoms with E-state index in [9.17, 15) is 4.79 Å². The summed E-state index contributed by atoms with van der Waals surface area (Å²) in [6.07, 6.45) is 6.70. The van der Waals surface area contributed by atoms with E-state index in [2.05, 4.69) is 10.3 Å². The molecule has 4 nitrogen and oxygen atoms in total. The second kappa shape index (κ2) is 3.92. The molecular weight excluding hydrogens is 178 g/mol. The van der Waals surface area contributed by atoms with Crippen molar-refractivity contribution in [3.63, 3.8) is 0 Å². The van der Waals surface area contributed by atoms with E-state index in [-0.39, 0.29) is 11.8 Å². The third-order valence-corrected chi connectivity index (χ3v) is 2.67. The first-order valence-corrected chi connectivity index (χ1v) is 5.04. The fraction of sp³-hybridized carbons (Fsp3) is 0.600. The zero-order valence-corrected chi connectivity index (χ0v) is 8.36. The van der Waals surface area contributed by atoms with E-state index in [0.717, 1.165) is 19.4 Å². The molecule has 1 aliphatic rings. The van der Waals surface area contributed by atoms with Crippen LogP contribution in [0.1, 0.15) is 29.9 Å². The Morgan fingerprint density at radius 2 is 2.50 bits per heavy atom. The molecule has 1 N–H and O–H groups in total. The number of imidazole rings is 1. The lowest BCUT2D eigenvalue weighted by Crippen LogP contribution is -2.41. The summed E-state index contributed by atoms with van der Waals surface area (Å²) in [4.78, 5) is 16.0. The number of aromatic nitrogens is 2. The van der Waals surface area contributed by atoms with Crippen LogP contribution in [0.4, 0.5) is 0 Å². The van der Waals surface area contributed by atoms with Crippen LogP contribution >= 0.6 is 0 Å². The minimum absolute atomic E-state index is 0.0233. The number of carbonyl (C=O) groups excluding carboxylic acids is 1. The third kappa shape index (κ3) is 1.70. The first kappa shape index (κ1) is 9.40. The first-order chi connectivity index (χ1) is 6.79. The molecule has 0 spiro atoms. The molecule has 1 aliphatic heterocycles. The highest BCUT2D eigenvalue weighted by Crippen LogP contribution is 2.11. The molecule has 1 aromatic rings. The molecule has 0 bridgehead atoms. The SMILES string of the molecule is Cn1ccnc1C(=O)C1CCCCN1. The van der Waals surface area contributed by atoms with Gasteiger partial charge >= 0.3 is 0 Å². The summed E-state index contributed by atoms with van der Waals surface area (Å²) in [7, 11) is 1.85. The van der Waals surface area contributed by atoms with E-state index in [1.807, 2.05) is 7.05 Å². The molecule has 2 heterocycles. The van der Waals surface area contributed by atoms with Crippen LogP contribution in [0.15, 0.2) is 12.4 Å². The van der Waals surface area contributed by atoms with Crippen LogP contribution in [0.2, 0.25) is 0 Å². The highest BCUT2D eigenvalue weighted by molar-refractivity contribution is 5.97. The fourth-order valence-corrected chi connectivity index (χ4v) is 1.83. The van der Waals surface area contributed by atoms with Crippen LogP contribution in [-0.2, 0) is 7.05 Å². The van der Waals surface area contributed by atoms with Gasteiger partial charge in [0.25, 0.3) is 0 Å². The van der Waals surface area contributed by atoms with Crippen molar-refractivity contribution in [2.45, 2.75) is 25.3 Å². The Morgan fingerprint density at radius 1 is 1.64 bits per heavy atom. The lowest BCUT2D eigenvalue weighted by molar-refractivity contribution is 0.0913. The highest BCUT2D eigenvalue weighted by Gasteiger charge is 2.24. The number of hydrogen-bond acceptors (Lipinski definition) is 3. The summed E-state index contributed by atoms with van der Waals surface area (Å²) in [5.41, 5.74) is 0. The molecular formula is C10H15N3O. The summed E-state index contributed by atoms with van der Waals surface area (Å²) in [6.45, 7) is 0.945. The van der Waals surface area contributed by atoms with E-state index >= 15 is 0 Å². The Bertz CT molecular complexity index is 326. The number of aryl methyl sites for hydroxylation is 1. The molecule has 76 valence electrons. The Labute approximate surface area is 83.3 Å². The number of hydrogen-bond donors (Lipinski definition) is 1. The highest BCUT2D eigenvalue weighted by atomic mass is 16.1. The van der Waals surface area contributed by atoms with Crippen molar-refractivity contribution in [1.82, 2.24) is 14.9 Å². The lowest BCUT2D eigenvalue weighted by atomic mass is 10.0. The van der Waals surface area contributed by atoms with Gasteiger partial charge in [-0.25, -0.2) is 4.98 Å². The molecule has 0 aromatic carbocycles. The van der Waals surface area contributed by atoms with Crippen molar-refractivity contribution in [2.24, 2.45) is 7.05 Å². The van der Waals surface area contributed by atoms with Gasteiger partial charge in [-0.2, -0.15) is 0 Å². The smallest absolute Gasteiger partial charge is 0.215 e. The predicted molar refractivity (Wildman–Crippen MR) is 53.2 cm³/mol. The third-order valence-electron chi connectivity index (χ3n) is 2.67. The molecule has 1 unspecified atom stereocenters. The van der Waals surface area contributed by atoms with Gasteiger partial charge in [-0.1, -0.05) is 6.42 Å². The van der Waals surface area contributed by atoms with Crippen LogP contribution < -0.4 is 5.32 Å². The van der Waals surface area contributed by atoms with E-state index in [0.29, 0.717) is 5.82 Å². The monoisotopic (exact) mass is 193 g/mol. The second-order valence-corrected chi connectivity index (χ2v) is 3.73. The molecule has 0 aliphatic carbocycles. The molecule has 0 saturated carbocycles. The average Bonchev–Trinajstić information content (AvgIpc) is 2.65. The minimum Gasteiger partial charge on any atom is -0.332 e. The van der Waals surface area contributed by atoms with Gasteiger partial charge in [0.05, 0.1) is 6.04 Å². The molecule has 0 radical (unpaired) electrons. The van der Waals surface area contributed by atoms with E-state index in [1.54, 1.807) is 17.0 Å². The van der Waals surface area contributed by atoms with Crippen molar-refractivity contribution >= 4 is 5.78 Å². The van der Waals surface area contributed by atoms with Crippen LogP contribution in [0, 0.1) is 0 Å². The molecule has 1 fully saturated rings. The second-order valence-electron chi connectivity index (χ2n) is 3.73. The van der Waals surface area contributed by atoms with Crippen LogP contribution in [-0.4, -0.2) is 27.9 Å². The quantitative estimate of drug-likeness (QED) is 0.705. The minimum atomic E-state index is -0.0233. The Kier molecular flexibility index (Phi) is 2.63. The molecule has 4 heteroatoms. The molecule has 1 aromatic heterocycles. The average molecular weight is 193 g/mol.